The van der Waals surface area contributed by atoms with Crippen LogP contribution in [-0.2, 0) is 21.4 Å². The van der Waals surface area contributed by atoms with Gasteiger partial charge in [-0.25, -0.2) is 12.7 Å². The van der Waals surface area contributed by atoms with E-state index in [1.165, 1.54) is 22.3 Å². The number of sulfonamides is 1. The highest BCUT2D eigenvalue weighted by Gasteiger charge is 2.30. The summed E-state index contributed by atoms with van der Waals surface area (Å²) in [7, 11) is -3.22. The quantitative estimate of drug-likeness (QED) is 0.585. The van der Waals surface area contributed by atoms with Gasteiger partial charge in [0.05, 0.1) is 12.0 Å². The van der Waals surface area contributed by atoms with Crippen molar-refractivity contribution in [1.29, 1.82) is 0 Å². The molecule has 0 spiro atoms. The molecule has 1 atom stereocenters. The number of nitrogens with zero attached hydrogens (tertiary/aromatic N) is 4. The summed E-state index contributed by atoms with van der Waals surface area (Å²) in [5.74, 6) is 0.896. The lowest BCUT2D eigenvalue weighted by molar-refractivity contribution is -0.113. The number of rotatable bonds is 7. The lowest BCUT2D eigenvalue weighted by Crippen LogP contribution is -2.39. The molecule has 1 aliphatic rings. The summed E-state index contributed by atoms with van der Waals surface area (Å²) in [5.41, 5.74) is 0.736. The molecule has 8 nitrogen and oxygen atoms in total. The van der Waals surface area contributed by atoms with Crippen LogP contribution in [0.1, 0.15) is 31.5 Å². The van der Waals surface area contributed by atoms with Crippen molar-refractivity contribution in [1.82, 2.24) is 19.1 Å². The van der Waals surface area contributed by atoms with Crippen molar-refractivity contribution < 1.29 is 13.2 Å². The molecule has 158 valence electrons. The van der Waals surface area contributed by atoms with Gasteiger partial charge in [0.1, 0.15) is 5.82 Å². The Bertz CT molecular complexity index is 962. The summed E-state index contributed by atoms with van der Waals surface area (Å²) in [6, 6.07) is 7.39. The number of aromatic nitrogens is 3. The van der Waals surface area contributed by atoms with Crippen LogP contribution < -0.4 is 5.32 Å². The number of amides is 1. The smallest absolute Gasteiger partial charge is 0.234 e. The van der Waals surface area contributed by atoms with E-state index in [1.54, 1.807) is 0 Å². The maximum atomic E-state index is 12.3. The number of hydrogen-bond acceptors (Lipinski definition) is 6. The topological polar surface area (TPSA) is 97.2 Å². The molecule has 0 bridgehead atoms. The highest BCUT2D eigenvalue weighted by Crippen LogP contribution is 2.29. The summed E-state index contributed by atoms with van der Waals surface area (Å²) in [6.07, 6.45) is 2.91. The number of carbonyl (C=O) groups excluding carboxylic acids is 1. The summed E-state index contributed by atoms with van der Waals surface area (Å²) in [6.45, 7) is 3.63. The lowest BCUT2D eigenvalue weighted by Gasteiger charge is -2.30. The molecular weight excluding hydrogens is 478 g/mol. The third kappa shape index (κ3) is 5.80. The van der Waals surface area contributed by atoms with Gasteiger partial charge in [-0.15, -0.1) is 10.2 Å². The van der Waals surface area contributed by atoms with E-state index < -0.39 is 10.0 Å². The molecule has 1 unspecified atom stereocenters. The normalized spacial score (nSPS) is 18.0. The monoisotopic (exact) mass is 501 g/mol. The molecular formula is C18H24BrN5O3S2. The first-order valence-electron chi connectivity index (χ1n) is 9.34. The van der Waals surface area contributed by atoms with Crippen LogP contribution >= 0.6 is 27.7 Å². The van der Waals surface area contributed by atoms with Crippen molar-refractivity contribution in [3.63, 3.8) is 0 Å². The first-order valence-corrected chi connectivity index (χ1v) is 13.0. The molecule has 11 heteroatoms. The Labute approximate surface area is 183 Å². The van der Waals surface area contributed by atoms with Crippen LogP contribution in [0.2, 0.25) is 0 Å². The van der Waals surface area contributed by atoms with Gasteiger partial charge in [0.25, 0.3) is 0 Å². The van der Waals surface area contributed by atoms with Crippen LogP contribution in [0.4, 0.5) is 5.69 Å². The zero-order valence-corrected chi connectivity index (χ0v) is 19.6. The fraction of sp³-hybridized carbons (Fsp3) is 0.500. The summed E-state index contributed by atoms with van der Waals surface area (Å²) in [5, 5.41) is 12.1. The molecule has 1 fully saturated rings. The molecule has 29 heavy (non-hydrogen) atoms. The van der Waals surface area contributed by atoms with Crippen LogP contribution in [0, 0.1) is 0 Å². The van der Waals surface area contributed by atoms with E-state index in [0.29, 0.717) is 24.8 Å². The van der Waals surface area contributed by atoms with E-state index in [0.717, 1.165) is 28.8 Å². The Morgan fingerprint density at radius 2 is 2.03 bits per heavy atom. The predicted molar refractivity (Wildman–Crippen MR) is 118 cm³/mol. The Kier molecular flexibility index (Phi) is 7.36. The number of halogens is 1. The van der Waals surface area contributed by atoms with Crippen molar-refractivity contribution in [3.05, 3.63) is 34.6 Å². The maximum Gasteiger partial charge on any atom is 0.234 e. The molecule has 1 N–H and O–H groups in total. The van der Waals surface area contributed by atoms with Gasteiger partial charge in [0.15, 0.2) is 5.16 Å². The number of benzene rings is 1. The highest BCUT2D eigenvalue weighted by atomic mass is 79.9. The second-order valence-corrected chi connectivity index (χ2v) is 10.7. The van der Waals surface area contributed by atoms with Gasteiger partial charge >= 0.3 is 0 Å². The standard InChI is InChI=1S/C18H24BrN5O3S2/c1-3-24-17(13-5-4-10-23(11-13)29(2,26)27)21-22-18(24)28-12-16(25)20-15-8-6-14(19)7-9-15/h6-9,13H,3-5,10-12H2,1-2H3,(H,20,25). The molecule has 2 heterocycles. The van der Waals surface area contributed by atoms with Crippen molar-refractivity contribution in [3.8, 4) is 0 Å². The minimum atomic E-state index is -3.22. The lowest BCUT2D eigenvalue weighted by atomic mass is 9.99. The first kappa shape index (κ1) is 22.3. The Balaban J connectivity index is 1.64. The molecule has 0 radical (unpaired) electrons. The number of thioether (sulfide) groups is 1. The largest absolute Gasteiger partial charge is 0.325 e. The number of carbonyl (C=O) groups is 1. The van der Waals surface area contributed by atoms with Gasteiger partial charge in [0.2, 0.25) is 15.9 Å². The molecule has 0 saturated carbocycles. The summed E-state index contributed by atoms with van der Waals surface area (Å²) >= 11 is 4.70. The van der Waals surface area contributed by atoms with Crippen molar-refractivity contribution in [2.45, 2.75) is 37.4 Å². The predicted octanol–water partition coefficient (Wildman–Crippen LogP) is 2.93. The number of anilines is 1. The molecule has 3 rings (SSSR count). The van der Waals surface area contributed by atoms with Gasteiger partial charge < -0.3 is 9.88 Å². The first-order chi connectivity index (χ1) is 13.8. The minimum Gasteiger partial charge on any atom is -0.325 e. The molecule has 1 saturated heterocycles. The van der Waals surface area contributed by atoms with Gasteiger partial charge in [-0.05, 0) is 44.0 Å². The summed E-state index contributed by atoms with van der Waals surface area (Å²) in [4.78, 5) is 12.3. The Morgan fingerprint density at radius 3 is 2.69 bits per heavy atom. The fourth-order valence-corrected chi connectivity index (χ4v) is 5.31. The molecule has 1 aromatic carbocycles. The highest BCUT2D eigenvalue weighted by molar-refractivity contribution is 9.10. The van der Waals surface area contributed by atoms with Gasteiger partial charge in [-0.1, -0.05) is 27.7 Å². The zero-order valence-electron chi connectivity index (χ0n) is 16.3. The van der Waals surface area contributed by atoms with Crippen molar-refractivity contribution in [2.24, 2.45) is 0 Å². The Morgan fingerprint density at radius 1 is 1.31 bits per heavy atom. The van der Waals surface area contributed by atoms with Crippen molar-refractivity contribution >= 4 is 49.3 Å². The van der Waals surface area contributed by atoms with Crippen LogP contribution in [-0.4, -0.2) is 58.5 Å². The second-order valence-electron chi connectivity index (χ2n) is 6.89. The van der Waals surface area contributed by atoms with E-state index in [2.05, 4.69) is 31.4 Å². The average molecular weight is 502 g/mol. The third-order valence-electron chi connectivity index (χ3n) is 4.74. The molecule has 1 aliphatic heterocycles. The summed E-state index contributed by atoms with van der Waals surface area (Å²) < 4.78 is 28.2. The van der Waals surface area contributed by atoms with Gasteiger partial charge in [-0.3, -0.25) is 4.79 Å². The molecule has 1 aromatic heterocycles. The maximum absolute atomic E-state index is 12.3. The van der Waals surface area contributed by atoms with E-state index in [9.17, 15) is 13.2 Å². The third-order valence-corrected chi connectivity index (χ3v) is 7.51. The van der Waals surface area contributed by atoms with Crippen LogP contribution in [0.25, 0.3) is 0 Å². The number of hydrogen-bond donors (Lipinski definition) is 1. The van der Waals surface area contributed by atoms with Crippen LogP contribution in [0.5, 0.6) is 0 Å². The SMILES string of the molecule is CCn1c(SCC(=O)Nc2ccc(Br)cc2)nnc1C1CCCN(S(C)(=O)=O)C1. The Hall–Kier alpha value is -1.43. The molecule has 0 aliphatic carbocycles. The van der Waals surface area contributed by atoms with Crippen molar-refractivity contribution in [2.75, 3.05) is 30.4 Å². The second kappa shape index (κ2) is 9.59. The van der Waals surface area contributed by atoms with Crippen LogP contribution in [0.3, 0.4) is 0 Å². The van der Waals surface area contributed by atoms with E-state index in [1.807, 2.05) is 35.8 Å². The molecule has 1 amide bonds. The van der Waals surface area contributed by atoms with E-state index >= 15 is 0 Å². The van der Waals surface area contributed by atoms with Gasteiger partial charge in [-0.2, -0.15) is 0 Å². The zero-order chi connectivity index (χ0) is 21.0. The minimum absolute atomic E-state index is 0.0110. The van der Waals surface area contributed by atoms with Gasteiger partial charge in [0, 0.05) is 35.7 Å². The average Bonchev–Trinajstić information content (AvgIpc) is 3.10. The van der Waals surface area contributed by atoms with Crippen LogP contribution in [0.15, 0.2) is 33.9 Å². The number of piperidine rings is 1. The van der Waals surface area contributed by atoms with E-state index in [4.69, 9.17) is 0 Å². The fourth-order valence-electron chi connectivity index (χ4n) is 3.32. The molecule has 2 aromatic rings. The number of nitrogens with one attached hydrogen (secondary N) is 1. The van der Waals surface area contributed by atoms with E-state index in [-0.39, 0.29) is 17.6 Å².